The van der Waals surface area contributed by atoms with Crippen molar-refractivity contribution < 1.29 is 14.6 Å². The van der Waals surface area contributed by atoms with Crippen LogP contribution in [0.15, 0.2) is 48.5 Å². The Morgan fingerprint density at radius 1 is 1.25 bits per heavy atom. The third kappa shape index (κ3) is 3.36. The van der Waals surface area contributed by atoms with Crippen molar-refractivity contribution in [2.24, 2.45) is 0 Å². The predicted molar refractivity (Wildman–Crippen MR) is 94.4 cm³/mol. The van der Waals surface area contributed by atoms with Crippen LogP contribution in [0.3, 0.4) is 0 Å². The van der Waals surface area contributed by atoms with Crippen LogP contribution in [0.2, 0.25) is 0 Å². The lowest BCUT2D eigenvalue weighted by Gasteiger charge is -2.33. The molecule has 1 aliphatic rings. The third-order valence-electron chi connectivity index (χ3n) is 4.27. The molecule has 3 rings (SSSR count). The molecule has 2 N–H and O–H groups in total. The van der Waals surface area contributed by atoms with Crippen molar-refractivity contribution in [2.45, 2.75) is 25.5 Å². The average molecular weight is 326 g/mol. The topological polar surface area (TPSA) is 61.8 Å². The molecule has 24 heavy (non-hydrogen) atoms. The number of hydrogen-bond acceptors (Lipinski definition) is 4. The fourth-order valence-corrected chi connectivity index (χ4v) is 3.06. The minimum absolute atomic E-state index is 0.0124. The van der Waals surface area contributed by atoms with Gasteiger partial charge in [-0.3, -0.25) is 4.79 Å². The SMILES string of the molecule is COc1ccccc1N1CCCC(Nc2cccc(CO)c2)C1=O. The Balaban J connectivity index is 1.79. The van der Waals surface area contributed by atoms with E-state index in [1.54, 1.807) is 12.0 Å². The van der Waals surface area contributed by atoms with Crippen LogP contribution in [0, 0.1) is 0 Å². The number of para-hydroxylation sites is 2. The summed E-state index contributed by atoms with van der Waals surface area (Å²) in [4.78, 5) is 14.7. The van der Waals surface area contributed by atoms with E-state index in [0.29, 0.717) is 12.3 Å². The van der Waals surface area contributed by atoms with Gasteiger partial charge in [-0.25, -0.2) is 0 Å². The van der Waals surface area contributed by atoms with Crippen molar-refractivity contribution in [1.29, 1.82) is 0 Å². The zero-order valence-corrected chi connectivity index (χ0v) is 13.7. The van der Waals surface area contributed by atoms with Gasteiger partial charge >= 0.3 is 0 Å². The number of aliphatic hydroxyl groups excluding tert-OH is 1. The zero-order chi connectivity index (χ0) is 16.9. The van der Waals surface area contributed by atoms with Gasteiger partial charge < -0.3 is 20.1 Å². The van der Waals surface area contributed by atoms with Gasteiger partial charge in [0, 0.05) is 12.2 Å². The lowest BCUT2D eigenvalue weighted by atomic mass is 10.0. The number of carbonyl (C=O) groups excluding carboxylic acids is 1. The number of methoxy groups -OCH3 is 1. The predicted octanol–water partition coefficient (Wildman–Crippen LogP) is 2.80. The summed E-state index contributed by atoms with van der Waals surface area (Å²) in [5.74, 6) is 0.744. The highest BCUT2D eigenvalue weighted by molar-refractivity contribution is 6.00. The Labute approximate surface area is 141 Å². The molecule has 0 radical (unpaired) electrons. The number of benzene rings is 2. The van der Waals surface area contributed by atoms with Crippen LogP contribution in [-0.2, 0) is 11.4 Å². The first-order chi connectivity index (χ1) is 11.7. The minimum Gasteiger partial charge on any atom is -0.495 e. The van der Waals surface area contributed by atoms with Crippen molar-refractivity contribution in [1.82, 2.24) is 0 Å². The van der Waals surface area contributed by atoms with Gasteiger partial charge in [0.2, 0.25) is 5.91 Å². The Morgan fingerprint density at radius 2 is 2.08 bits per heavy atom. The van der Waals surface area contributed by atoms with Crippen LogP contribution in [0.1, 0.15) is 18.4 Å². The summed E-state index contributed by atoms with van der Waals surface area (Å²) in [6.07, 6.45) is 1.70. The summed E-state index contributed by atoms with van der Waals surface area (Å²) in [5, 5.41) is 12.6. The number of aliphatic hydroxyl groups is 1. The lowest BCUT2D eigenvalue weighted by Crippen LogP contribution is -2.47. The molecule has 1 unspecified atom stereocenters. The quantitative estimate of drug-likeness (QED) is 0.887. The van der Waals surface area contributed by atoms with E-state index in [2.05, 4.69) is 5.32 Å². The van der Waals surface area contributed by atoms with Gasteiger partial charge in [0.25, 0.3) is 0 Å². The normalized spacial score (nSPS) is 17.7. The van der Waals surface area contributed by atoms with Crippen molar-refractivity contribution in [3.8, 4) is 5.75 Å². The van der Waals surface area contributed by atoms with Gasteiger partial charge in [-0.05, 0) is 42.7 Å². The number of anilines is 2. The zero-order valence-electron chi connectivity index (χ0n) is 13.7. The van der Waals surface area contributed by atoms with Crippen LogP contribution in [0.25, 0.3) is 0 Å². The third-order valence-corrected chi connectivity index (χ3v) is 4.27. The molecular weight excluding hydrogens is 304 g/mol. The highest BCUT2D eigenvalue weighted by Crippen LogP contribution is 2.31. The number of piperidine rings is 1. The lowest BCUT2D eigenvalue weighted by molar-refractivity contribution is -0.120. The van der Waals surface area contributed by atoms with E-state index in [1.165, 1.54) is 0 Å². The molecule has 1 saturated heterocycles. The maximum absolute atomic E-state index is 12.9. The van der Waals surface area contributed by atoms with Gasteiger partial charge in [0.05, 0.1) is 19.4 Å². The number of ether oxygens (including phenoxy) is 1. The minimum atomic E-state index is -0.280. The number of rotatable bonds is 5. The Bertz CT molecular complexity index is 717. The van der Waals surface area contributed by atoms with E-state index in [4.69, 9.17) is 4.74 Å². The summed E-state index contributed by atoms with van der Waals surface area (Å²) < 4.78 is 5.39. The van der Waals surface area contributed by atoms with E-state index < -0.39 is 0 Å². The Morgan fingerprint density at radius 3 is 2.88 bits per heavy atom. The second-order valence-electron chi connectivity index (χ2n) is 5.86. The van der Waals surface area contributed by atoms with E-state index in [1.807, 2.05) is 48.5 Å². The molecule has 0 aliphatic carbocycles. The molecule has 0 bridgehead atoms. The van der Waals surface area contributed by atoms with Crippen molar-refractivity contribution in [2.75, 3.05) is 23.9 Å². The molecule has 1 fully saturated rings. The monoisotopic (exact) mass is 326 g/mol. The Hall–Kier alpha value is -2.53. The van der Waals surface area contributed by atoms with Crippen molar-refractivity contribution in [3.63, 3.8) is 0 Å². The number of nitrogens with one attached hydrogen (secondary N) is 1. The molecule has 5 nitrogen and oxygen atoms in total. The number of carbonyl (C=O) groups is 1. The van der Waals surface area contributed by atoms with Crippen molar-refractivity contribution in [3.05, 3.63) is 54.1 Å². The molecule has 5 heteroatoms. The fourth-order valence-electron chi connectivity index (χ4n) is 3.06. The summed E-state index contributed by atoms with van der Waals surface area (Å²) in [7, 11) is 1.61. The summed E-state index contributed by atoms with van der Waals surface area (Å²) in [6.45, 7) is 0.676. The van der Waals surface area contributed by atoms with E-state index in [-0.39, 0.29) is 18.6 Å². The molecule has 126 valence electrons. The average Bonchev–Trinajstić information content (AvgIpc) is 2.63. The number of nitrogens with zero attached hydrogens (tertiary/aromatic N) is 1. The van der Waals surface area contributed by atoms with Gasteiger partial charge in [0.15, 0.2) is 0 Å². The Kier molecular flexibility index (Phi) is 5.01. The second-order valence-corrected chi connectivity index (χ2v) is 5.86. The van der Waals surface area contributed by atoms with Gasteiger partial charge in [0.1, 0.15) is 11.8 Å². The van der Waals surface area contributed by atoms with E-state index in [9.17, 15) is 9.90 Å². The smallest absolute Gasteiger partial charge is 0.249 e. The molecular formula is C19H22N2O3. The molecule has 1 aliphatic heterocycles. The van der Waals surface area contributed by atoms with Crippen LogP contribution < -0.4 is 15.0 Å². The maximum atomic E-state index is 12.9. The van der Waals surface area contributed by atoms with Crippen LogP contribution in [0.4, 0.5) is 11.4 Å². The van der Waals surface area contributed by atoms with Crippen LogP contribution >= 0.6 is 0 Å². The molecule has 0 saturated carbocycles. The van der Waals surface area contributed by atoms with E-state index in [0.717, 1.165) is 29.8 Å². The molecule has 1 atom stereocenters. The molecule has 0 spiro atoms. The van der Waals surface area contributed by atoms with E-state index >= 15 is 0 Å². The molecule has 2 aromatic carbocycles. The first-order valence-corrected chi connectivity index (χ1v) is 8.13. The summed E-state index contributed by atoms with van der Waals surface area (Å²) in [5.41, 5.74) is 2.48. The second kappa shape index (κ2) is 7.36. The molecule has 0 aromatic heterocycles. The summed E-state index contributed by atoms with van der Waals surface area (Å²) >= 11 is 0. The highest BCUT2D eigenvalue weighted by Gasteiger charge is 2.30. The first-order valence-electron chi connectivity index (χ1n) is 8.13. The first kappa shape index (κ1) is 16.3. The largest absolute Gasteiger partial charge is 0.495 e. The fraction of sp³-hybridized carbons (Fsp3) is 0.316. The molecule has 1 heterocycles. The van der Waals surface area contributed by atoms with Gasteiger partial charge in [-0.2, -0.15) is 0 Å². The van der Waals surface area contributed by atoms with Gasteiger partial charge in [-0.15, -0.1) is 0 Å². The highest BCUT2D eigenvalue weighted by atomic mass is 16.5. The molecule has 2 aromatic rings. The van der Waals surface area contributed by atoms with Gasteiger partial charge in [-0.1, -0.05) is 24.3 Å². The number of amides is 1. The van der Waals surface area contributed by atoms with Crippen molar-refractivity contribution >= 4 is 17.3 Å². The molecule has 1 amide bonds. The summed E-state index contributed by atoms with van der Waals surface area (Å²) in [6, 6.07) is 14.8. The van der Waals surface area contributed by atoms with Crippen LogP contribution in [0.5, 0.6) is 5.75 Å². The number of hydrogen-bond donors (Lipinski definition) is 2. The van der Waals surface area contributed by atoms with Crippen LogP contribution in [-0.4, -0.2) is 30.7 Å². The standard InChI is InChI=1S/C19H22N2O3/c1-24-18-10-3-2-9-17(18)21-11-5-8-16(19(21)23)20-15-7-4-6-14(12-15)13-22/h2-4,6-7,9-10,12,16,20,22H,5,8,11,13H2,1H3. The maximum Gasteiger partial charge on any atom is 0.249 e.